The van der Waals surface area contributed by atoms with Crippen LogP contribution in [0.2, 0.25) is 0 Å². The quantitative estimate of drug-likeness (QED) is 0.693. The van der Waals surface area contributed by atoms with Crippen LogP contribution in [-0.2, 0) is 6.42 Å². The fourth-order valence-corrected chi connectivity index (χ4v) is 2.17. The first-order valence-corrected chi connectivity index (χ1v) is 6.91. The Morgan fingerprint density at radius 2 is 2.18 bits per heavy atom. The van der Waals surface area contributed by atoms with Gasteiger partial charge in [0, 0.05) is 30.9 Å². The fourth-order valence-electron chi connectivity index (χ4n) is 2.17. The highest BCUT2D eigenvalue weighted by Gasteiger charge is 2.11. The molecule has 3 aromatic heterocycles. The van der Waals surface area contributed by atoms with Crippen molar-refractivity contribution in [1.29, 1.82) is 0 Å². The highest BCUT2D eigenvalue weighted by Crippen LogP contribution is 2.05. The van der Waals surface area contributed by atoms with Crippen molar-refractivity contribution in [3.8, 4) is 0 Å². The molecule has 2 N–H and O–H groups in total. The van der Waals surface area contributed by atoms with Gasteiger partial charge in [-0.2, -0.15) is 0 Å². The van der Waals surface area contributed by atoms with Gasteiger partial charge in [0.25, 0.3) is 5.91 Å². The maximum atomic E-state index is 12.0. The van der Waals surface area contributed by atoms with Crippen molar-refractivity contribution in [2.75, 3.05) is 6.54 Å². The summed E-state index contributed by atoms with van der Waals surface area (Å²) in [6, 6.07) is 7.22. The SMILES string of the molecule is CC(=O)c1c[nH]c(C(=O)NCCc2nnc3ccccn23)c1. The van der Waals surface area contributed by atoms with Crippen LogP contribution >= 0.6 is 0 Å². The molecule has 0 spiro atoms. The van der Waals surface area contributed by atoms with Crippen molar-refractivity contribution < 1.29 is 9.59 Å². The molecule has 0 saturated heterocycles. The Hall–Kier alpha value is -2.96. The topological polar surface area (TPSA) is 92.1 Å². The third kappa shape index (κ3) is 2.73. The summed E-state index contributed by atoms with van der Waals surface area (Å²) < 4.78 is 1.88. The molecule has 112 valence electrons. The van der Waals surface area contributed by atoms with E-state index >= 15 is 0 Å². The van der Waals surface area contributed by atoms with E-state index in [-0.39, 0.29) is 11.7 Å². The number of pyridine rings is 1. The van der Waals surface area contributed by atoms with E-state index in [1.165, 1.54) is 13.1 Å². The molecular formula is C15H15N5O2. The zero-order chi connectivity index (χ0) is 15.5. The first-order valence-electron chi connectivity index (χ1n) is 6.91. The predicted octanol–water partition coefficient (Wildman–Crippen LogP) is 1.23. The van der Waals surface area contributed by atoms with Gasteiger partial charge in [0.2, 0.25) is 0 Å². The van der Waals surface area contributed by atoms with Crippen molar-refractivity contribution >= 4 is 17.3 Å². The number of carbonyl (C=O) groups excluding carboxylic acids is 2. The minimum atomic E-state index is -0.249. The number of nitrogens with zero attached hydrogens (tertiary/aromatic N) is 3. The zero-order valence-electron chi connectivity index (χ0n) is 12.0. The average Bonchev–Trinajstić information content (AvgIpc) is 3.14. The van der Waals surface area contributed by atoms with Crippen molar-refractivity contribution in [3.63, 3.8) is 0 Å². The molecular weight excluding hydrogens is 282 g/mol. The molecule has 3 heterocycles. The van der Waals surface area contributed by atoms with Crippen LogP contribution in [0.4, 0.5) is 0 Å². The van der Waals surface area contributed by atoms with Crippen molar-refractivity contribution in [2.45, 2.75) is 13.3 Å². The Bertz CT molecular complexity index is 833. The summed E-state index contributed by atoms with van der Waals surface area (Å²) in [4.78, 5) is 26.0. The number of Topliss-reactive ketones (excluding diaryl/α,β-unsaturated/α-hetero) is 1. The summed E-state index contributed by atoms with van der Waals surface area (Å²) in [5.41, 5.74) is 1.64. The largest absolute Gasteiger partial charge is 0.356 e. The molecule has 0 saturated carbocycles. The van der Waals surface area contributed by atoms with Gasteiger partial charge in [0.05, 0.1) is 0 Å². The van der Waals surface area contributed by atoms with Crippen LogP contribution in [-0.4, -0.2) is 37.8 Å². The lowest BCUT2D eigenvalue weighted by molar-refractivity contribution is 0.0949. The van der Waals surface area contributed by atoms with E-state index in [0.717, 1.165) is 11.5 Å². The molecule has 0 bridgehead atoms. The molecule has 7 heteroatoms. The van der Waals surface area contributed by atoms with Crippen molar-refractivity contribution in [2.24, 2.45) is 0 Å². The van der Waals surface area contributed by atoms with Gasteiger partial charge in [-0.3, -0.25) is 14.0 Å². The smallest absolute Gasteiger partial charge is 0.267 e. The summed E-state index contributed by atoms with van der Waals surface area (Å²) in [5.74, 6) is 0.457. The minimum Gasteiger partial charge on any atom is -0.356 e. The van der Waals surface area contributed by atoms with Gasteiger partial charge in [-0.1, -0.05) is 6.07 Å². The Balaban J connectivity index is 1.60. The van der Waals surface area contributed by atoms with Crippen LogP contribution in [0.3, 0.4) is 0 Å². The number of ketones is 1. The summed E-state index contributed by atoms with van der Waals surface area (Å²) >= 11 is 0. The third-order valence-electron chi connectivity index (χ3n) is 3.35. The predicted molar refractivity (Wildman–Crippen MR) is 79.8 cm³/mol. The molecule has 3 aromatic rings. The average molecular weight is 297 g/mol. The Labute approximate surface area is 126 Å². The molecule has 1 amide bonds. The Morgan fingerprint density at radius 1 is 1.32 bits per heavy atom. The zero-order valence-corrected chi connectivity index (χ0v) is 12.0. The molecule has 0 aliphatic rings. The lowest BCUT2D eigenvalue weighted by Crippen LogP contribution is -2.26. The number of aromatic nitrogens is 4. The van der Waals surface area contributed by atoms with Crippen LogP contribution in [0.5, 0.6) is 0 Å². The third-order valence-corrected chi connectivity index (χ3v) is 3.35. The standard InChI is InChI=1S/C15H15N5O2/c1-10(21)11-8-12(17-9-11)15(22)16-6-5-14-19-18-13-4-2-3-7-20(13)14/h2-4,7-9,17H,5-6H2,1H3,(H,16,22). The van der Waals surface area contributed by atoms with E-state index in [2.05, 4.69) is 20.5 Å². The lowest BCUT2D eigenvalue weighted by Gasteiger charge is -2.03. The molecule has 0 radical (unpaired) electrons. The van der Waals surface area contributed by atoms with E-state index in [9.17, 15) is 9.59 Å². The van der Waals surface area contributed by atoms with Crippen LogP contribution in [0, 0.1) is 0 Å². The van der Waals surface area contributed by atoms with Crippen molar-refractivity contribution in [1.82, 2.24) is 24.9 Å². The highest BCUT2D eigenvalue weighted by molar-refractivity contribution is 5.99. The number of fused-ring (bicyclic) bond motifs is 1. The molecule has 0 unspecified atom stereocenters. The highest BCUT2D eigenvalue weighted by atomic mass is 16.2. The molecule has 3 rings (SSSR count). The summed E-state index contributed by atoms with van der Waals surface area (Å²) in [6.07, 6.45) is 3.98. The first-order chi connectivity index (χ1) is 10.6. The number of nitrogens with one attached hydrogen (secondary N) is 2. The number of H-pyrrole nitrogens is 1. The summed E-state index contributed by atoms with van der Waals surface area (Å²) in [5, 5.41) is 10.9. The second kappa shape index (κ2) is 5.80. The first kappa shape index (κ1) is 14.0. The minimum absolute atomic E-state index is 0.0785. The van der Waals surface area contributed by atoms with E-state index in [1.807, 2.05) is 28.8 Å². The van der Waals surface area contributed by atoms with Gasteiger partial charge in [0.15, 0.2) is 11.4 Å². The monoisotopic (exact) mass is 297 g/mol. The van der Waals surface area contributed by atoms with E-state index in [4.69, 9.17) is 0 Å². The number of hydrogen-bond acceptors (Lipinski definition) is 4. The van der Waals surface area contributed by atoms with Crippen LogP contribution in [0.15, 0.2) is 36.7 Å². The Kier molecular flexibility index (Phi) is 3.69. The fraction of sp³-hybridized carbons (Fsp3) is 0.200. The second-order valence-corrected chi connectivity index (χ2v) is 4.91. The molecule has 7 nitrogen and oxygen atoms in total. The second-order valence-electron chi connectivity index (χ2n) is 4.91. The Morgan fingerprint density at radius 3 is 2.95 bits per heavy atom. The number of amides is 1. The molecule has 22 heavy (non-hydrogen) atoms. The number of aromatic amines is 1. The molecule has 0 aliphatic heterocycles. The number of carbonyl (C=O) groups is 2. The van der Waals surface area contributed by atoms with Gasteiger partial charge >= 0.3 is 0 Å². The van der Waals surface area contributed by atoms with Gasteiger partial charge < -0.3 is 10.3 Å². The molecule has 0 aliphatic carbocycles. The van der Waals surface area contributed by atoms with Crippen molar-refractivity contribution in [3.05, 3.63) is 53.7 Å². The van der Waals surface area contributed by atoms with Gasteiger partial charge in [0.1, 0.15) is 11.5 Å². The number of hydrogen-bond donors (Lipinski definition) is 2. The van der Waals surface area contributed by atoms with Crippen LogP contribution < -0.4 is 5.32 Å². The van der Waals surface area contributed by atoms with E-state index < -0.39 is 0 Å². The summed E-state index contributed by atoms with van der Waals surface area (Å²) in [6.45, 7) is 1.89. The maximum Gasteiger partial charge on any atom is 0.267 e. The van der Waals surface area contributed by atoms with Crippen LogP contribution in [0.25, 0.3) is 5.65 Å². The molecule has 0 atom stereocenters. The van der Waals surface area contributed by atoms with Crippen LogP contribution in [0.1, 0.15) is 33.6 Å². The lowest BCUT2D eigenvalue weighted by atomic mass is 10.2. The summed E-state index contributed by atoms with van der Waals surface area (Å²) in [7, 11) is 0. The molecule has 0 aromatic carbocycles. The van der Waals surface area contributed by atoms with Gasteiger partial charge in [-0.15, -0.1) is 10.2 Å². The van der Waals surface area contributed by atoms with Gasteiger partial charge in [-0.25, -0.2) is 0 Å². The van der Waals surface area contributed by atoms with E-state index in [1.54, 1.807) is 6.07 Å². The van der Waals surface area contributed by atoms with Gasteiger partial charge in [-0.05, 0) is 25.1 Å². The number of rotatable bonds is 5. The normalized spacial score (nSPS) is 10.8. The van der Waals surface area contributed by atoms with E-state index in [0.29, 0.717) is 24.2 Å². The molecule has 0 fully saturated rings. The maximum absolute atomic E-state index is 12.0.